The highest BCUT2D eigenvalue weighted by Crippen LogP contribution is 2.29. The molecule has 3 nitrogen and oxygen atoms in total. The molecular formula is C11H9BrF3N3. The van der Waals surface area contributed by atoms with E-state index in [4.69, 9.17) is 0 Å². The van der Waals surface area contributed by atoms with Crippen molar-refractivity contribution in [2.45, 2.75) is 12.6 Å². The average Bonchev–Trinajstić information content (AvgIpc) is 2.77. The Kier molecular flexibility index (Phi) is 3.70. The van der Waals surface area contributed by atoms with E-state index in [1.807, 2.05) is 0 Å². The molecule has 0 aliphatic heterocycles. The average molecular weight is 320 g/mol. The van der Waals surface area contributed by atoms with Gasteiger partial charge in [-0.05, 0) is 24.3 Å². The minimum atomic E-state index is -4.32. The molecule has 0 N–H and O–H groups in total. The van der Waals surface area contributed by atoms with Crippen LogP contribution in [-0.4, -0.2) is 20.3 Å². The van der Waals surface area contributed by atoms with Crippen LogP contribution in [0.1, 0.15) is 11.3 Å². The number of hydrogen-bond acceptors (Lipinski definition) is 2. The summed E-state index contributed by atoms with van der Waals surface area (Å²) >= 11 is 3.28. The Hall–Kier alpha value is -1.37. The summed E-state index contributed by atoms with van der Waals surface area (Å²) in [6.07, 6.45) is -1.90. The molecule has 2 aromatic rings. The van der Waals surface area contributed by atoms with Gasteiger partial charge in [0.05, 0.1) is 23.1 Å². The van der Waals surface area contributed by atoms with E-state index >= 15 is 0 Å². The highest BCUT2D eigenvalue weighted by atomic mass is 79.9. The Morgan fingerprint density at radius 3 is 2.39 bits per heavy atom. The van der Waals surface area contributed by atoms with Gasteiger partial charge in [0.25, 0.3) is 0 Å². The lowest BCUT2D eigenvalue weighted by Crippen LogP contribution is -2.05. The van der Waals surface area contributed by atoms with Crippen LogP contribution in [0.5, 0.6) is 0 Å². The van der Waals surface area contributed by atoms with E-state index in [-0.39, 0.29) is 0 Å². The number of alkyl halides is 4. The van der Waals surface area contributed by atoms with Crippen LogP contribution in [0, 0.1) is 0 Å². The Bertz CT molecular complexity index is 519. The second-order valence-corrected chi connectivity index (χ2v) is 4.43. The molecule has 1 heterocycles. The molecule has 0 radical (unpaired) electrons. The van der Waals surface area contributed by atoms with Crippen molar-refractivity contribution in [2.75, 3.05) is 5.33 Å². The standard InChI is InChI=1S/C11H9BrF3N3/c12-6-5-9-7-18(17-16-9)10-3-1-8(2-4-10)11(13,14)15/h1-4,7H,5-6H2. The first kappa shape index (κ1) is 13.1. The highest BCUT2D eigenvalue weighted by Gasteiger charge is 2.30. The van der Waals surface area contributed by atoms with Gasteiger partial charge >= 0.3 is 6.18 Å². The van der Waals surface area contributed by atoms with Crippen LogP contribution in [0.15, 0.2) is 30.5 Å². The molecule has 0 bridgehead atoms. The van der Waals surface area contributed by atoms with Gasteiger partial charge in [0, 0.05) is 11.8 Å². The Balaban J connectivity index is 2.23. The Labute approximate surface area is 110 Å². The van der Waals surface area contributed by atoms with Gasteiger partial charge in [-0.1, -0.05) is 21.1 Å². The van der Waals surface area contributed by atoms with Gasteiger partial charge < -0.3 is 0 Å². The van der Waals surface area contributed by atoms with Crippen molar-refractivity contribution >= 4 is 15.9 Å². The predicted octanol–water partition coefficient (Wildman–Crippen LogP) is 3.22. The lowest BCUT2D eigenvalue weighted by atomic mass is 10.2. The van der Waals surface area contributed by atoms with Crippen LogP contribution in [0.25, 0.3) is 5.69 Å². The van der Waals surface area contributed by atoms with Crippen molar-refractivity contribution in [1.82, 2.24) is 15.0 Å². The summed E-state index contributed by atoms with van der Waals surface area (Å²) in [6, 6.07) is 4.80. The van der Waals surface area contributed by atoms with Crippen molar-refractivity contribution in [1.29, 1.82) is 0 Å². The van der Waals surface area contributed by atoms with E-state index in [9.17, 15) is 13.2 Å². The lowest BCUT2D eigenvalue weighted by molar-refractivity contribution is -0.137. The first-order valence-electron chi connectivity index (χ1n) is 5.15. The zero-order valence-corrected chi connectivity index (χ0v) is 10.7. The molecule has 0 atom stereocenters. The molecule has 7 heteroatoms. The molecule has 0 amide bonds. The second kappa shape index (κ2) is 5.09. The third-order valence-corrected chi connectivity index (χ3v) is 2.75. The summed E-state index contributed by atoms with van der Waals surface area (Å²) < 4.78 is 38.6. The molecule has 0 aliphatic carbocycles. The molecule has 0 saturated carbocycles. The normalized spacial score (nSPS) is 11.8. The van der Waals surface area contributed by atoms with Crippen molar-refractivity contribution in [3.63, 3.8) is 0 Å². The monoisotopic (exact) mass is 319 g/mol. The summed E-state index contributed by atoms with van der Waals surface area (Å²) in [5, 5.41) is 8.54. The number of rotatable bonds is 3. The minimum Gasteiger partial charge on any atom is -0.220 e. The number of nitrogens with zero attached hydrogens (tertiary/aromatic N) is 3. The zero-order chi connectivity index (χ0) is 13.2. The summed E-state index contributed by atoms with van der Waals surface area (Å²) in [5.41, 5.74) is 0.662. The fourth-order valence-electron chi connectivity index (χ4n) is 1.44. The van der Waals surface area contributed by atoms with E-state index in [0.717, 1.165) is 29.6 Å². The highest BCUT2D eigenvalue weighted by molar-refractivity contribution is 9.09. The maximum absolute atomic E-state index is 12.4. The third-order valence-electron chi connectivity index (χ3n) is 2.35. The molecule has 0 spiro atoms. The van der Waals surface area contributed by atoms with Crippen LogP contribution in [0.3, 0.4) is 0 Å². The van der Waals surface area contributed by atoms with Crippen molar-refractivity contribution in [3.05, 3.63) is 41.7 Å². The number of aromatic nitrogens is 3. The first-order valence-corrected chi connectivity index (χ1v) is 6.27. The minimum absolute atomic E-state index is 0.552. The summed E-state index contributed by atoms with van der Waals surface area (Å²) in [4.78, 5) is 0. The quantitative estimate of drug-likeness (QED) is 0.813. The molecule has 1 aromatic heterocycles. The summed E-state index contributed by atoms with van der Waals surface area (Å²) in [7, 11) is 0. The summed E-state index contributed by atoms with van der Waals surface area (Å²) in [6.45, 7) is 0. The predicted molar refractivity (Wildman–Crippen MR) is 63.9 cm³/mol. The molecular weight excluding hydrogens is 311 g/mol. The molecule has 0 aliphatic rings. The smallest absolute Gasteiger partial charge is 0.220 e. The van der Waals surface area contributed by atoms with Gasteiger partial charge in [-0.2, -0.15) is 13.2 Å². The van der Waals surface area contributed by atoms with Crippen molar-refractivity contribution in [3.8, 4) is 5.69 Å². The van der Waals surface area contributed by atoms with E-state index in [0.29, 0.717) is 5.69 Å². The third kappa shape index (κ3) is 2.90. The maximum atomic E-state index is 12.4. The van der Waals surface area contributed by atoms with Crippen LogP contribution < -0.4 is 0 Å². The Morgan fingerprint density at radius 1 is 1.17 bits per heavy atom. The molecule has 1 aromatic carbocycles. The van der Waals surface area contributed by atoms with Gasteiger partial charge in [-0.25, -0.2) is 4.68 Å². The van der Waals surface area contributed by atoms with Crippen LogP contribution in [-0.2, 0) is 12.6 Å². The van der Waals surface area contributed by atoms with Crippen molar-refractivity contribution < 1.29 is 13.2 Å². The molecule has 0 fully saturated rings. The van der Waals surface area contributed by atoms with Crippen molar-refractivity contribution in [2.24, 2.45) is 0 Å². The number of halogens is 4. The van der Waals surface area contributed by atoms with Gasteiger partial charge in [0.1, 0.15) is 0 Å². The van der Waals surface area contributed by atoms with Gasteiger partial charge in [0.15, 0.2) is 0 Å². The molecule has 0 saturated heterocycles. The molecule has 18 heavy (non-hydrogen) atoms. The topological polar surface area (TPSA) is 30.7 Å². The Morgan fingerprint density at radius 2 is 1.83 bits per heavy atom. The zero-order valence-electron chi connectivity index (χ0n) is 9.15. The van der Waals surface area contributed by atoms with Gasteiger partial charge in [-0.15, -0.1) is 5.10 Å². The van der Waals surface area contributed by atoms with Crippen LogP contribution in [0.2, 0.25) is 0 Å². The molecule has 0 unspecified atom stereocenters. The number of benzene rings is 1. The summed E-state index contributed by atoms with van der Waals surface area (Å²) in [5.74, 6) is 0. The van der Waals surface area contributed by atoms with E-state index in [1.165, 1.54) is 16.8 Å². The fourth-order valence-corrected chi connectivity index (χ4v) is 1.85. The SMILES string of the molecule is FC(F)(F)c1ccc(-n2cc(CCBr)nn2)cc1. The maximum Gasteiger partial charge on any atom is 0.416 e. The second-order valence-electron chi connectivity index (χ2n) is 3.64. The van der Waals surface area contributed by atoms with E-state index in [1.54, 1.807) is 6.20 Å². The number of aryl methyl sites for hydroxylation is 1. The largest absolute Gasteiger partial charge is 0.416 e. The van der Waals surface area contributed by atoms with Gasteiger partial charge in [0.2, 0.25) is 0 Å². The van der Waals surface area contributed by atoms with Crippen LogP contribution >= 0.6 is 15.9 Å². The first-order chi connectivity index (χ1) is 8.50. The molecule has 2 rings (SSSR count). The van der Waals surface area contributed by atoms with Gasteiger partial charge in [-0.3, -0.25) is 0 Å². The number of hydrogen-bond donors (Lipinski definition) is 0. The molecule has 96 valence electrons. The lowest BCUT2D eigenvalue weighted by Gasteiger charge is -2.07. The van der Waals surface area contributed by atoms with Crippen LogP contribution in [0.4, 0.5) is 13.2 Å². The fraction of sp³-hybridized carbons (Fsp3) is 0.273. The van der Waals surface area contributed by atoms with E-state index < -0.39 is 11.7 Å². The van der Waals surface area contributed by atoms with E-state index in [2.05, 4.69) is 26.2 Å².